The average molecular weight is 1410 g/mol. The molecule has 2 aromatic heterocycles. The molecule has 6 nitrogen and oxygen atoms in total. The average Bonchev–Trinajstić information content (AvgIpc) is 1.53. The molecule has 0 amide bonds. The summed E-state index contributed by atoms with van der Waals surface area (Å²) < 4.78 is 0. The van der Waals surface area contributed by atoms with Crippen LogP contribution in [0.25, 0.3) is 190 Å². The fourth-order valence-corrected chi connectivity index (χ4v) is 17.1. The summed E-state index contributed by atoms with van der Waals surface area (Å²) in [6.07, 6.45) is 0. The van der Waals surface area contributed by atoms with E-state index in [2.05, 4.69) is 386 Å². The van der Waals surface area contributed by atoms with Gasteiger partial charge < -0.3 is 0 Å². The van der Waals surface area contributed by atoms with E-state index >= 15 is 0 Å². The maximum absolute atomic E-state index is 5.54. The number of hydrogen-bond donors (Lipinski definition) is 0. The van der Waals surface area contributed by atoms with Crippen molar-refractivity contribution in [2.75, 3.05) is 0 Å². The first-order chi connectivity index (χ1) is 54.0. The van der Waals surface area contributed by atoms with Gasteiger partial charge in [0, 0.05) is 44.2 Å². The van der Waals surface area contributed by atoms with Crippen LogP contribution < -0.4 is 0 Å². The van der Waals surface area contributed by atoms with Crippen LogP contribution in [0.4, 0.5) is 0 Å². The molecule has 110 heavy (non-hydrogen) atoms. The summed E-state index contributed by atoms with van der Waals surface area (Å²) in [5.74, 6) is 3.61. The van der Waals surface area contributed by atoms with Crippen molar-refractivity contribution in [3.63, 3.8) is 0 Å². The molecule has 2 heterocycles. The smallest absolute Gasteiger partial charge is 0.165 e. The zero-order valence-electron chi connectivity index (χ0n) is 61.3. The molecule has 0 saturated carbocycles. The van der Waals surface area contributed by atoms with E-state index in [1.807, 2.05) is 6.07 Å². The first kappa shape index (κ1) is 65.6. The lowest BCUT2D eigenvalue weighted by molar-refractivity contribution is 0.660. The maximum atomic E-state index is 5.54. The van der Waals surface area contributed by atoms with Crippen molar-refractivity contribution in [3.05, 3.63) is 386 Å². The van der Waals surface area contributed by atoms with E-state index in [1.54, 1.807) is 0 Å². The van der Waals surface area contributed by atoms with Gasteiger partial charge in [-0.25, -0.2) is 29.9 Å². The van der Waals surface area contributed by atoms with Crippen molar-refractivity contribution < 1.29 is 0 Å². The molecule has 518 valence electrons. The molecule has 0 atom stereocenters. The third-order valence-electron chi connectivity index (χ3n) is 22.9. The molecule has 6 heteroatoms. The predicted molar refractivity (Wildman–Crippen MR) is 454 cm³/mol. The van der Waals surface area contributed by atoms with Gasteiger partial charge >= 0.3 is 0 Å². The minimum absolute atomic E-state index is 0.117. The molecule has 0 aliphatic heterocycles. The number of nitrogens with zero attached hydrogens (tertiary/aromatic N) is 6. The standard InChI is InChI=1S/C104H72N6/c1-103(2)92-39-18-16-37-88(92)90-63-79(55-59-93(90)103)85-56-52-71-26-11-13-34-83(71)95(85)101-107-97(73-48-44-67(45-49-73)65-22-7-5-8-23-65)105-98(108-101)74-50-46-70(47-51-74)76-29-19-28-75(60-76)68-40-42-69(43-41-68)78-31-21-33-82(62-78)100-106-99(81-32-20-30-77(61-81)66-24-9-6-10-25-66)109-102(110-100)96-84-35-14-12-27-72(84)53-57-86(96)80-54-58-89-87-36-15-17-38-91(87)104(3,4)94(89)64-80/h5-64H,1-4H3. The van der Waals surface area contributed by atoms with Crippen molar-refractivity contribution in [1.82, 2.24) is 29.9 Å². The Labute approximate surface area is 640 Å². The molecule has 16 aromatic carbocycles. The number of fused-ring (bicyclic) bond motifs is 8. The minimum Gasteiger partial charge on any atom is -0.208 e. The van der Waals surface area contributed by atoms with Gasteiger partial charge in [0.25, 0.3) is 0 Å². The summed E-state index contributed by atoms with van der Waals surface area (Å²) in [6, 6.07) is 131. The van der Waals surface area contributed by atoms with Gasteiger partial charge in [-0.1, -0.05) is 361 Å². The molecule has 20 rings (SSSR count). The van der Waals surface area contributed by atoms with Gasteiger partial charge in [-0.15, -0.1) is 0 Å². The highest BCUT2D eigenvalue weighted by atomic mass is 15.0. The zero-order chi connectivity index (χ0) is 73.6. The molecule has 0 fully saturated rings. The summed E-state index contributed by atoms with van der Waals surface area (Å²) in [7, 11) is 0. The third kappa shape index (κ3) is 11.5. The van der Waals surface area contributed by atoms with Crippen molar-refractivity contribution in [2.24, 2.45) is 0 Å². The van der Waals surface area contributed by atoms with Crippen LogP contribution in [0.2, 0.25) is 0 Å². The highest BCUT2D eigenvalue weighted by molar-refractivity contribution is 6.05. The van der Waals surface area contributed by atoms with Crippen molar-refractivity contribution in [1.29, 1.82) is 0 Å². The van der Waals surface area contributed by atoms with Gasteiger partial charge in [-0.05, 0) is 174 Å². The Morgan fingerprint density at radius 2 is 0.455 bits per heavy atom. The van der Waals surface area contributed by atoms with Crippen LogP contribution in [0.5, 0.6) is 0 Å². The number of benzene rings is 16. The largest absolute Gasteiger partial charge is 0.208 e. The predicted octanol–water partition coefficient (Wildman–Crippen LogP) is 26.6. The topological polar surface area (TPSA) is 77.3 Å². The Morgan fingerprint density at radius 3 is 0.936 bits per heavy atom. The summed E-state index contributed by atoms with van der Waals surface area (Å²) >= 11 is 0. The molecule has 0 saturated heterocycles. The lowest BCUT2D eigenvalue weighted by Crippen LogP contribution is -2.14. The normalized spacial score (nSPS) is 12.9. The maximum Gasteiger partial charge on any atom is 0.165 e. The van der Waals surface area contributed by atoms with Crippen molar-refractivity contribution in [2.45, 2.75) is 38.5 Å². The molecule has 2 aliphatic carbocycles. The minimum atomic E-state index is -0.177. The molecular weight excluding hydrogens is 1330 g/mol. The quantitative estimate of drug-likeness (QED) is 0.114. The van der Waals surface area contributed by atoms with E-state index in [0.717, 1.165) is 133 Å². The van der Waals surface area contributed by atoms with E-state index in [1.165, 1.54) is 44.5 Å². The second-order valence-electron chi connectivity index (χ2n) is 30.1. The fraction of sp³-hybridized carbons (Fsp3) is 0.0577. The van der Waals surface area contributed by atoms with Crippen LogP contribution in [0.15, 0.2) is 364 Å². The van der Waals surface area contributed by atoms with Gasteiger partial charge in [0.1, 0.15) is 0 Å². The number of hydrogen-bond acceptors (Lipinski definition) is 6. The third-order valence-corrected chi connectivity index (χ3v) is 22.9. The van der Waals surface area contributed by atoms with Crippen LogP contribution in [0, 0.1) is 0 Å². The van der Waals surface area contributed by atoms with Gasteiger partial charge in [-0.2, -0.15) is 0 Å². The molecule has 2 aliphatic rings. The van der Waals surface area contributed by atoms with E-state index < -0.39 is 0 Å². The molecule has 0 N–H and O–H groups in total. The first-order valence-electron chi connectivity index (χ1n) is 37.8. The molecule has 0 unspecified atom stereocenters. The molecule has 0 bridgehead atoms. The van der Waals surface area contributed by atoms with Crippen LogP contribution in [0.1, 0.15) is 49.9 Å². The van der Waals surface area contributed by atoms with Gasteiger partial charge in [0.05, 0.1) is 0 Å². The van der Waals surface area contributed by atoms with Crippen LogP contribution in [0.3, 0.4) is 0 Å². The van der Waals surface area contributed by atoms with Crippen molar-refractivity contribution >= 4 is 21.5 Å². The van der Waals surface area contributed by atoms with E-state index in [-0.39, 0.29) is 10.8 Å². The van der Waals surface area contributed by atoms with Crippen LogP contribution in [-0.2, 0) is 10.8 Å². The Hall–Kier alpha value is -13.9. The lowest BCUT2D eigenvalue weighted by Gasteiger charge is -2.22. The summed E-state index contributed by atoms with van der Waals surface area (Å²) in [5.41, 5.74) is 31.0. The Morgan fingerprint density at radius 1 is 0.164 bits per heavy atom. The SMILES string of the molecule is CC1(C)c2ccccc2-c2cc(-c3ccc4ccccc4c3-c3nc(-c4ccc(-c5ccccc5)cc4)nc(-c4ccc(-c5cccc(-c6ccc(-c7cccc(-c8nc(-c9cccc(-c%10ccccc%10)c9)nc(-c9c(-c%10ccc%11c(c%10)C(C)(C)c%10ccccc%10-%11)ccc%10ccccc9%10)n8)c7)cc6)c5)cc4)n3)ccc21. The molecule has 18 aromatic rings. The van der Waals surface area contributed by atoms with Gasteiger partial charge in [0.15, 0.2) is 34.9 Å². The second-order valence-corrected chi connectivity index (χ2v) is 30.1. The summed E-state index contributed by atoms with van der Waals surface area (Å²) in [4.78, 5) is 32.7. The Bertz CT molecular complexity index is 6680. The second kappa shape index (κ2) is 26.5. The van der Waals surface area contributed by atoms with E-state index in [9.17, 15) is 0 Å². The van der Waals surface area contributed by atoms with Gasteiger partial charge in [0.2, 0.25) is 0 Å². The van der Waals surface area contributed by atoms with E-state index in [4.69, 9.17) is 29.9 Å². The van der Waals surface area contributed by atoms with E-state index in [0.29, 0.717) is 34.9 Å². The van der Waals surface area contributed by atoms with Crippen LogP contribution in [-0.4, -0.2) is 29.9 Å². The van der Waals surface area contributed by atoms with Crippen molar-refractivity contribution in [3.8, 4) is 168 Å². The highest BCUT2D eigenvalue weighted by Crippen LogP contribution is 2.53. The lowest BCUT2D eigenvalue weighted by atomic mass is 9.81. The highest BCUT2D eigenvalue weighted by Gasteiger charge is 2.37. The molecule has 0 spiro atoms. The molecule has 0 radical (unpaired) electrons. The van der Waals surface area contributed by atoms with Crippen LogP contribution >= 0.6 is 0 Å². The number of rotatable bonds is 13. The fourth-order valence-electron chi connectivity index (χ4n) is 17.1. The zero-order valence-corrected chi connectivity index (χ0v) is 61.3. The Kier molecular flexibility index (Phi) is 15.8. The number of aromatic nitrogens is 6. The Balaban J connectivity index is 0.635. The van der Waals surface area contributed by atoms with Gasteiger partial charge in [-0.3, -0.25) is 0 Å². The monoisotopic (exact) mass is 1400 g/mol. The summed E-state index contributed by atoms with van der Waals surface area (Å²) in [6.45, 7) is 9.34. The first-order valence-corrected chi connectivity index (χ1v) is 37.8. The summed E-state index contributed by atoms with van der Waals surface area (Å²) in [5, 5.41) is 4.37. The molecular formula is C104H72N6.